The summed E-state index contributed by atoms with van der Waals surface area (Å²) in [5.41, 5.74) is 2.03. The molecule has 0 heterocycles. The Hall–Kier alpha value is -3.67. The number of nitro groups is 1. The summed E-state index contributed by atoms with van der Waals surface area (Å²) in [4.78, 5) is 22.9. The Kier molecular flexibility index (Phi) is 8.22. The van der Waals surface area contributed by atoms with E-state index in [-0.39, 0.29) is 16.9 Å². The summed E-state index contributed by atoms with van der Waals surface area (Å²) in [6.07, 6.45) is 0. The predicted molar refractivity (Wildman–Crippen MR) is 128 cm³/mol. The number of amides is 1. The summed E-state index contributed by atoms with van der Waals surface area (Å²) in [5, 5.41) is 15.6. The van der Waals surface area contributed by atoms with E-state index in [1.807, 2.05) is 20.8 Å². The van der Waals surface area contributed by atoms with Crippen LogP contribution in [-0.4, -0.2) is 45.7 Å². The van der Waals surface area contributed by atoms with Crippen molar-refractivity contribution in [3.05, 3.63) is 52.6 Å². The second-order valence-corrected chi connectivity index (χ2v) is 10.1. The minimum atomic E-state index is -4.58. The molecule has 0 fully saturated rings. The molecule has 11 nitrogen and oxygen atoms in total. The molecule has 12 heteroatoms. The number of hydrogen-bond acceptors (Lipinski definition) is 8. The van der Waals surface area contributed by atoms with Crippen molar-refractivity contribution in [2.75, 3.05) is 25.1 Å². The van der Waals surface area contributed by atoms with E-state index in [9.17, 15) is 23.3 Å². The Balaban J connectivity index is 2.62. The van der Waals surface area contributed by atoms with E-state index < -0.39 is 38.0 Å². The van der Waals surface area contributed by atoms with E-state index in [1.165, 1.54) is 44.6 Å². The number of nitrogens with zero attached hydrogens (tertiary/aromatic N) is 3. The van der Waals surface area contributed by atoms with Crippen LogP contribution >= 0.6 is 0 Å². The maximum absolute atomic E-state index is 13.6. The third kappa shape index (κ3) is 6.01. The third-order valence-corrected chi connectivity index (χ3v) is 6.81. The molecule has 2 aromatic rings. The molecule has 2 rings (SSSR count). The first-order chi connectivity index (χ1) is 15.8. The van der Waals surface area contributed by atoms with Crippen LogP contribution < -0.4 is 19.2 Å². The highest BCUT2D eigenvalue weighted by Crippen LogP contribution is 2.37. The molecule has 0 atom stereocenters. The number of nitro benzene ring substituents is 1. The fraction of sp³-hybridized carbons (Fsp3) is 0.364. The average molecular weight is 493 g/mol. The molecule has 0 aliphatic heterocycles. The highest BCUT2D eigenvalue weighted by Gasteiger charge is 2.34. The van der Waals surface area contributed by atoms with Crippen LogP contribution in [0.4, 0.5) is 11.4 Å². The molecule has 184 valence electrons. The highest BCUT2D eigenvalue weighted by atomic mass is 32.2. The van der Waals surface area contributed by atoms with Gasteiger partial charge in [-0.2, -0.15) is 5.10 Å². The maximum atomic E-state index is 13.6. The van der Waals surface area contributed by atoms with Gasteiger partial charge in [0.1, 0.15) is 18.0 Å². The van der Waals surface area contributed by atoms with E-state index in [4.69, 9.17) is 9.47 Å². The second-order valence-electron chi connectivity index (χ2n) is 8.26. The van der Waals surface area contributed by atoms with Crippen molar-refractivity contribution in [3.63, 3.8) is 0 Å². The van der Waals surface area contributed by atoms with Crippen molar-refractivity contribution in [1.29, 1.82) is 0 Å². The molecule has 0 aliphatic rings. The Morgan fingerprint density at radius 2 is 1.79 bits per heavy atom. The number of anilines is 1. The first kappa shape index (κ1) is 26.6. The highest BCUT2D eigenvalue weighted by molar-refractivity contribution is 7.93. The summed E-state index contributed by atoms with van der Waals surface area (Å²) >= 11 is 0. The topological polar surface area (TPSA) is 140 Å². The third-order valence-electron chi connectivity index (χ3n) is 5.01. The molecular formula is C22H28N4O7S. The van der Waals surface area contributed by atoms with Gasteiger partial charge in [-0.3, -0.25) is 19.2 Å². The number of carbonyl (C=O) groups is 1. The zero-order valence-corrected chi connectivity index (χ0v) is 20.7. The van der Waals surface area contributed by atoms with Gasteiger partial charge in [-0.15, -0.1) is 0 Å². The second kappa shape index (κ2) is 10.5. The number of carbonyl (C=O) groups excluding carboxylic acids is 1. The van der Waals surface area contributed by atoms with Crippen molar-refractivity contribution >= 4 is 33.0 Å². The Morgan fingerprint density at radius 3 is 2.35 bits per heavy atom. The number of ether oxygens (including phenoxy) is 2. The monoisotopic (exact) mass is 492 g/mol. The van der Waals surface area contributed by atoms with Gasteiger partial charge in [0, 0.05) is 23.3 Å². The molecule has 0 unspecified atom stereocenters. The van der Waals surface area contributed by atoms with Crippen molar-refractivity contribution in [1.82, 2.24) is 5.43 Å². The normalized spacial score (nSPS) is 12.1. The molecular weight excluding hydrogens is 464 g/mol. The maximum Gasteiger partial charge on any atom is 0.289 e. The molecule has 2 aromatic carbocycles. The quantitative estimate of drug-likeness (QED) is 0.321. The first-order valence-electron chi connectivity index (χ1n) is 10.1. The Labute approximate surface area is 198 Å². The summed E-state index contributed by atoms with van der Waals surface area (Å²) < 4.78 is 38.5. The van der Waals surface area contributed by atoms with E-state index in [0.717, 1.165) is 16.4 Å². The van der Waals surface area contributed by atoms with Crippen LogP contribution in [0.15, 0.2) is 52.5 Å². The van der Waals surface area contributed by atoms with Gasteiger partial charge in [0.2, 0.25) is 0 Å². The molecule has 0 spiro atoms. The number of methoxy groups -OCH3 is 2. The molecule has 1 amide bonds. The largest absolute Gasteiger partial charge is 0.497 e. The van der Waals surface area contributed by atoms with Crippen LogP contribution in [0.2, 0.25) is 0 Å². The fourth-order valence-corrected chi connectivity index (χ4v) is 4.31. The lowest BCUT2D eigenvalue weighted by Gasteiger charge is -2.25. The van der Waals surface area contributed by atoms with Gasteiger partial charge in [0.05, 0.1) is 24.8 Å². The lowest BCUT2D eigenvalue weighted by atomic mass is 9.91. The number of sulfonamides is 1. The average Bonchev–Trinajstić information content (AvgIpc) is 2.79. The van der Waals surface area contributed by atoms with Gasteiger partial charge >= 0.3 is 0 Å². The number of benzene rings is 2. The van der Waals surface area contributed by atoms with Gasteiger partial charge in [0.25, 0.3) is 21.6 Å². The summed E-state index contributed by atoms with van der Waals surface area (Å²) in [6, 6.07) is 9.22. The van der Waals surface area contributed by atoms with Gasteiger partial charge in [-0.05, 0) is 25.1 Å². The van der Waals surface area contributed by atoms with Crippen LogP contribution in [0, 0.1) is 15.5 Å². The number of rotatable bonds is 9. The summed E-state index contributed by atoms with van der Waals surface area (Å²) in [7, 11) is -1.83. The summed E-state index contributed by atoms with van der Waals surface area (Å²) in [5.74, 6) is -0.272. The Morgan fingerprint density at radius 1 is 1.15 bits per heavy atom. The molecule has 0 aromatic heterocycles. The van der Waals surface area contributed by atoms with Gasteiger partial charge in [-0.25, -0.2) is 13.8 Å². The number of para-hydroxylation sites is 1. The fourth-order valence-electron chi connectivity index (χ4n) is 2.72. The molecule has 0 aliphatic carbocycles. The van der Waals surface area contributed by atoms with Crippen molar-refractivity contribution in [2.24, 2.45) is 10.5 Å². The zero-order chi connectivity index (χ0) is 25.7. The Bertz CT molecular complexity index is 1200. The smallest absolute Gasteiger partial charge is 0.289 e. The van der Waals surface area contributed by atoms with Crippen molar-refractivity contribution in [2.45, 2.75) is 32.6 Å². The molecule has 0 saturated carbocycles. The molecule has 1 N–H and O–H groups in total. The van der Waals surface area contributed by atoms with E-state index in [2.05, 4.69) is 10.5 Å². The van der Waals surface area contributed by atoms with Crippen molar-refractivity contribution in [3.8, 4) is 11.5 Å². The first-order valence-corrected chi connectivity index (χ1v) is 11.6. The number of hydrazone groups is 1. The molecule has 0 radical (unpaired) electrons. The van der Waals surface area contributed by atoms with E-state index in [1.54, 1.807) is 6.92 Å². The predicted octanol–water partition coefficient (Wildman–Crippen LogP) is 3.35. The number of nitrogens with one attached hydrogen (secondary N) is 1. The van der Waals surface area contributed by atoms with E-state index >= 15 is 0 Å². The summed E-state index contributed by atoms with van der Waals surface area (Å²) in [6.45, 7) is 6.75. The van der Waals surface area contributed by atoms with Crippen LogP contribution in [0.3, 0.4) is 0 Å². The van der Waals surface area contributed by atoms with Gasteiger partial charge < -0.3 is 9.47 Å². The van der Waals surface area contributed by atoms with Gasteiger partial charge in [0.15, 0.2) is 4.90 Å². The van der Waals surface area contributed by atoms with Crippen LogP contribution in [-0.2, 0) is 14.8 Å². The van der Waals surface area contributed by atoms with Gasteiger partial charge in [-0.1, -0.05) is 32.9 Å². The molecule has 34 heavy (non-hydrogen) atoms. The van der Waals surface area contributed by atoms with E-state index in [0.29, 0.717) is 11.5 Å². The zero-order valence-electron chi connectivity index (χ0n) is 19.9. The lowest BCUT2D eigenvalue weighted by Crippen LogP contribution is -2.40. The molecule has 0 bridgehead atoms. The SMILES string of the molecule is COc1ccc(N(CC(=O)N/N=C(/C)C(C)(C)C)S(=O)(=O)c2ccccc2[N+](=O)[O-])c(OC)c1. The van der Waals surface area contributed by atoms with Crippen LogP contribution in [0.5, 0.6) is 11.5 Å². The standard InChI is InChI=1S/C22H28N4O7S/c1-15(22(2,3)4)23-24-21(27)14-25(17-12-11-16(32-5)13-19(17)33-6)34(30,31)20-10-8-7-9-18(20)26(28)29/h7-13H,14H2,1-6H3,(H,24,27)/b23-15-. The van der Waals surface area contributed by atoms with Crippen LogP contribution in [0.1, 0.15) is 27.7 Å². The lowest BCUT2D eigenvalue weighted by molar-refractivity contribution is -0.387. The minimum absolute atomic E-state index is 0.00637. The van der Waals surface area contributed by atoms with Crippen LogP contribution in [0.25, 0.3) is 0 Å². The minimum Gasteiger partial charge on any atom is -0.497 e. The number of hydrogen-bond donors (Lipinski definition) is 1. The molecule has 0 saturated heterocycles. The van der Waals surface area contributed by atoms with Crippen molar-refractivity contribution < 1.29 is 27.6 Å².